The molecule has 1 atom stereocenters. The first-order valence-corrected chi connectivity index (χ1v) is 8.74. The summed E-state index contributed by atoms with van der Waals surface area (Å²) in [6, 6.07) is 14.0. The SMILES string of the molecule is COc1ccc(CN2CCC3(CC(=O)N(c4ccccn4)C3)C2)cc1. The molecule has 1 unspecified atom stereocenters. The van der Waals surface area contributed by atoms with Crippen LogP contribution in [0.1, 0.15) is 18.4 Å². The number of methoxy groups -OCH3 is 1. The number of nitrogens with zero attached hydrogens (tertiary/aromatic N) is 3. The molecule has 2 aromatic rings. The number of amides is 1. The van der Waals surface area contributed by atoms with Gasteiger partial charge in [0.1, 0.15) is 11.6 Å². The molecular weight excluding hydrogens is 314 g/mol. The van der Waals surface area contributed by atoms with Crippen molar-refractivity contribution < 1.29 is 9.53 Å². The van der Waals surface area contributed by atoms with Gasteiger partial charge in [-0.2, -0.15) is 0 Å². The van der Waals surface area contributed by atoms with Crippen molar-refractivity contribution in [2.45, 2.75) is 19.4 Å². The van der Waals surface area contributed by atoms with Crippen molar-refractivity contribution in [3.8, 4) is 5.75 Å². The number of aromatic nitrogens is 1. The summed E-state index contributed by atoms with van der Waals surface area (Å²) in [6.07, 6.45) is 3.44. The number of likely N-dealkylation sites (tertiary alicyclic amines) is 1. The number of pyridine rings is 1. The fourth-order valence-corrected chi connectivity index (χ4v) is 4.04. The van der Waals surface area contributed by atoms with Gasteiger partial charge in [-0.3, -0.25) is 14.6 Å². The van der Waals surface area contributed by atoms with Crippen LogP contribution in [0.25, 0.3) is 0 Å². The zero-order chi connectivity index (χ0) is 17.3. The molecule has 130 valence electrons. The fraction of sp³-hybridized carbons (Fsp3) is 0.400. The standard InChI is InChI=1S/C20H23N3O2/c1-25-17-7-5-16(6-8-17)13-22-11-9-20(14-22)12-19(24)23(15-20)18-4-2-3-10-21-18/h2-8,10H,9,11-15H2,1H3. The number of benzene rings is 1. The van der Waals surface area contributed by atoms with E-state index < -0.39 is 0 Å². The molecule has 1 aromatic heterocycles. The molecule has 1 aromatic carbocycles. The van der Waals surface area contributed by atoms with Gasteiger partial charge < -0.3 is 4.74 Å². The Balaban J connectivity index is 1.42. The largest absolute Gasteiger partial charge is 0.497 e. The lowest BCUT2D eigenvalue weighted by Gasteiger charge is -2.24. The number of carbonyl (C=O) groups is 1. The fourth-order valence-electron chi connectivity index (χ4n) is 4.04. The Labute approximate surface area is 148 Å². The van der Waals surface area contributed by atoms with Crippen LogP contribution < -0.4 is 9.64 Å². The van der Waals surface area contributed by atoms with Crippen LogP contribution in [0.4, 0.5) is 5.82 Å². The highest BCUT2D eigenvalue weighted by atomic mass is 16.5. The maximum atomic E-state index is 12.5. The molecule has 25 heavy (non-hydrogen) atoms. The number of anilines is 1. The Bertz CT molecular complexity index is 747. The van der Waals surface area contributed by atoms with Crippen LogP contribution in [-0.2, 0) is 11.3 Å². The van der Waals surface area contributed by atoms with Crippen molar-refractivity contribution in [3.05, 3.63) is 54.2 Å². The Hall–Kier alpha value is -2.40. The van der Waals surface area contributed by atoms with Crippen LogP contribution in [0.5, 0.6) is 5.75 Å². The van der Waals surface area contributed by atoms with Gasteiger partial charge in [-0.25, -0.2) is 4.98 Å². The predicted octanol–water partition coefficient (Wildman–Crippen LogP) is 2.72. The van der Waals surface area contributed by atoms with Gasteiger partial charge in [-0.05, 0) is 42.8 Å². The first kappa shape index (κ1) is 16.1. The molecule has 2 aliphatic heterocycles. The number of carbonyl (C=O) groups excluding carboxylic acids is 1. The van der Waals surface area contributed by atoms with E-state index >= 15 is 0 Å². The van der Waals surface area contributed by atoms with E-state index in [1.807, 2.05) is 35.2 Å². The minimum absolute atomic E-state index is 0.0705. The van der Waals surface area contributed by atoms with E-state index in [-0.39, 0.29) is 11.3 Å². The molecule has 0 radical (unpaired) electrons. The topological polar surface area (TPSA) is 45.7 Å². The smallest absolute Gasteiger partial charge is 0.228 e. The van der Waals surface area contributed by atoms with Gasteiger partial charge >= 0.3 is 0 Å². The molecule has 3 heterocycles. The third-order valence-electron chi connectivity index (χ3n) is 5.33. The summed E-state index contributed by atoms with van der Waals surface area (Å²) in [5.41, 5.74) is 1.35. The lowest BCUT2D eigenvalue weighted by molar-refractivity contribution is -0.117. The molecule has 0 saturated carbocycles. The van der Waals surface area contributed by atoms with Gasteiger partial charge in [0.15, 0.2) is 0 Å². The van der Waals surface area contributed by atoms with E-state index in [1.165, 1.54) is 5.56 Å². The normalized spacial score (nSPS) is 23.6. The molecule has 1 spiro atoms. The van der Waals surface area contributed by atoms with E-state index in [4.69, 9.17) is 4.74 Å². The van der Waals surface area contributed by atoms with Crippen molar-refractivity contribution in [1.29, 1.82) is 0 Å². The van der Waals surface area contributed by atoms with Gasteiger partial charge in [-0.1, -0.05) is 18.2 Å². The minimum Gasteiger partial charge on any atom is -0.497 e. The summed E-state index contributed by atoms with van der Waals surface area (Å²) in [5, 5.41) is 0. The zero-order valence-corrected chi connectivity index (χ0v) is 14.5. The quantitative estimate of drug-likeness (QED) is 0.861. The summed E-state index contributed by atoms with van der Waals surface area (Å²) in [6.45, 7) is 3.70. The Morgan fingerprint density at radius 3 is 2.72 bits per heavy atom. The highest BCUT2D eigenvalue weighted by Gasteiger charge is 2.47. The maximum absolute atomic E-state index is 12.5. The molecular formula is C20H23N3O2. The molecule has 2 saturated heterocycles. The molecule has 0 aliphatic carbocycles. The van der Waals surface area contributed by atoms with Gasteiger partial charge in [0, 0.05) is 37.7 Å². The van der Waals surface area contributed by atoms with Crippen molar-refractivity contribution in [2.24, 2.45) is 5.41 Å². The van der Waals surface area contributed by atoms with Gasteiger partial charge in [0.2, 0.25) is 5.91 Å². The number of hydrogen-bond donors (Lipinski definition) is 0. The van der Waals surface area contributed by atoms with Crippen molar-refractivity contribution >= 4 is 11.7 Å². The van der Waals surface area contributed by atoms with Gasteiger partial charge in [0.25, 0.3) is 0 Å². The third kappa shape index (κ3) is 3.24. The molecule has 5 heteroatoms. The summed E-state index contributed by atoms with van der Waals surface area (Å²) < 4.78 is 5.22. The Morgan fingerprint density at radius 2 is 2.00 bits per heavy atom. The van der Waals surface area contributed by atoms with Gasteiger partial charge in [-0.15, -0.1) is 0 Å². The predicted molar refractivity (Wildman–Crippen MR) is 96.5 cm³/mol. The number of rotatable bonds is 4. The van der Waals surface area contributed by atoms with Crippen molar-refractivity contribution in [3.63, 3.8) is 0 Å². The zero-order valence-electron chi connectivity index (χ0n) is 14.5. The molecule has 2 aliphatic rings. The van der Waals surface area contributed by atoms with E-state index in [1.54, 1.807) is 13.3 Å². The van der Waals surface area contributed by atoms with Crippen molar-refractivity contribution in [2.75, 3.05) is 31.6 Å². The third-order valence-corrected chi connectivity index (χ3v) is 5.33. The van der Waals surface area contributed by atoms with E-state index in [0.717, 1.165) is 44.2 Å². The second-order valence-corrected chi connectivity index (χ2v) is 7.15. The second-order valence-electron chi connectivity index (χ2n) is 7.15. The minimum atomic E-state index is 0.0705. The summed E-state index contributed by atoms with van der Waals surface area (Å²) in [5.74, 6) is 1.86. The van der Waals surface area contributed by atoms with Crippen molar-refractivity contribution in [1.82, 2.24) is 9.88 Å². The molecule has 5 nitrogen and oxygen atoms in total. The lowest BCUT2D eigenvalue weighted by atomic mass is 9.86. The second kappa shape index (κ2) is 6.48. The van der Waals surface area contributed by atoms with E-state index in [9.17, 15) is 4.79 Å². The van der Waals surface area contributed by atoms with E-state index in [2.05, 4.69) is 22.0 Å². The summed E-state index contributed by atoms with van der Waals surface area (Å²) in [7, 11) is 1.68. The van der Waals surface area contributed by atoms with Crippen LogP contribution >= 0.6 is 0 Å². The van der Waals surface area contributed by atoms with E-state index in [0.29, 0.717) is 6.42 Å². The van der Waals surface area contributed by atoms with Crippen LogP contribution in [0.2, 0.25) is 0 Å². The van der Waals surface area contributed by atoms with Crippen LogP contribution in [0, 0.1) is 5.41 Å². The number of hydrogen-bond acceptors (Lipinski definition) is 4. The van der Waals surface area contributed by atoms with Gasteiger partial charge in [0.05, 0.1) is 7.11 Å². The average molecular weight is 337 g/mol. The monoisotopic (exact) mass is 337 g/mol. The molecule has 0 N–H and O–H groups in total. The molecule has 4 rings (SSSR count). The number of ether oxygens (including phenoxy) is 1. The first-order valence-electron chi connectivity index (χ1n) is 8.74. The summed E-state index contributed by atoms with van der Waals surface area (Å²) >= 11 is 0. The highest BCUT2D eigenvalue weighted by Crippen LogP contribution is 2.41. The summed E-state index contributed by atoms with van der Waals surface area (Å²) in [4.78, 5) is 21.2. The Morgan fingerprint density at radius 1 is 1.16 bits per heavy atom. The molecule has 0 bridgehead atoms. The maximum Gasteiger partial charge on any atom is 0.228 e. The highest BCUT2D eigenvalue weighted by molar-refractivity contribution is 5.95. The van der Waals surface area contributed by atoms with Crippen LogP contribution in [0.3, 0.4) is 0 Å². The van der Waals surface area contributed by atoms with Crippen LogP contribution in [0.15, 0.2) is 48.7 Å². The lowest BCUT2D eigenvalue weighted by Crippen LogP contribution is -2.31. The van der Waals surface area contributed by atoms with Crippen LogP contribution in [-0.4, -0.2) is 42.5 Å². The Kier molecular flexibility index (Phi) is 4.17. The first-order chi connectivity index (χ1) is 12.2. The molecule has 1 amide bonds. The average Bonchev–Trinajstić information content (AvgIpc) is 3.19. The molecule has 2 fully saturated rings.